The average molecular weight is 403 g/mol. The summed E-state index contributed by atoms with van der Waals surface area (Å²) < 4.78 is 5.80. The van der Waals surface area contributed by atoms with Gasteiger partial charge in [-0.1, -0.05) is 12.1 Å². The number of para-hydroxylation sites is 2. The molecule has 3 rings (SSSR count). The number of rotatable bonds is 2. The van der Waals surface area contributed by atoms with Gasteiger partial charge in [-0.25, -0.2) is 0 Å². The second kappa shape index (κ2) is 7.27. The van der Waals surface area contributed by atoms with Crippen molar-refractivity contribution in [3.8, 4) is 5.75 Å². The number of benzene rings is 2. The van der Waals surface area contributed by atoms with E-state index in [1.54, 1.807) is 23.1 Å². The fourth-order valence-electron chi connectivity index (χ4n) is 2.85. The number of nitrogens with zero attached hydrogens (tertiary/aromatic N) is 1. The zero-order valence-corrected chi connectivity index (χ0v) is 15.7. The number of fused-ring (bicyclic) bond motifs is 1. The van der Waals surface area contributed by atoms with Gasteiger partial charge in [0.1, 0.15) is 5.75 Å². The third-order valence-corrected chi connectivity index (χ3v) is 4.71. The molecule has 0 saturated heterocycles. The number of hydrogen-bond acceptors (Lipinski definition) is 4. The number of hydrogen-bond donors (Lipinski definition) is 1. The summed E-state index contributed by atoms with van der Waals surface area (Å²) in [5, 5.41) is 3.43. The summed E-state index contributed by atoms with van der Waals surface area (Å²) in [4.78, 5) is 26.1. The summed E-state index contributed by atoms with van der Waals surface area (Å²) in [5.74, 6) is -0.208. The van der Waals surface area contributed by atoms with Crippen molar-refractivity contribution in [3.63, 3.8) is 0 Å². The lowest BCUT2D eigenvalue weighted by Gasteiger charge is -2.22. The van der Waals surface area contributed by atoms with E-state index in [2.05, 4.69) is 28.2 Å². The zero-order valence-electron chi connectivity index (χ0n) is 14.1. The molecule has 1 heterocycles. The Bertz CT molecular complexity index is 822. The van der Waals surface area contributed by atoms with Gasteiger partial charge in [-0.15, -0.1) is 0 Å². The van der Waals surface area contributed by atoms with E-state index in [1.807, 2.05) is 24.3 Å². The van der Waals surface area contributed by atoms with Crippen molar-refractivity contribution in [1.29, 1.82) is 0 Å². The molecule has 1 N–H and O–H groups in total. The molecule has 1 aliphatic heterocycles. The largest absolute Gasteiger partial charge is 0.425 e. The normalized spacial score (nSPS) is 16.4. The molecule has 0 unspecified atom stereocenters. The monoisotopic (exact) mass is 402 g/mol. The molecule has 0 aliphatic carbocycles. The first-order valence-electron chi connectivity index (χ1n) is 8.11. The van der Waals surface area contributed by atoms with Gasteiger partial charge in [0.25, 0.3) is 5.91 Å². The van der Waals surface area contributed by atoms with E-state index in [0.29, 0.717) is 22.3 Å². The van der Waals surface area contributed by atoms with Gasteiger partial charge >= 0.3 is 5.97 Å². The molecular formula is C19H19BrN2O3. The average Bonchev–Trinajstić information content (AvgIpc) is 2.74. The molecule has 0 fully saturated rings. The lowest BCUT2D eigenvalue weighted by molar-refractivity contribution is -0.131. The fraction of sp³-hybridized carbons (Fsp3) is 0.263. The smallest absolute Gasteiger partial charge is 0.308 e. The molecular weight excluding hydrogens is 384 g/mol. The molecule has 25 heavy (non-hydrogen) atoms. The van der Waals surface area contributed by atoms with Crippen LogP contribution >= 0.6 is 15.9 Å². The summed E-state index contributed by atoms with van der Waals surface area (Å²) >= 11 is 3.34. The molecule has 0 spiro atoms. The van der Waals surface area contributed by atoms with E-state index in [9.17, 15) is 9.59 Å². The van der Waals surface area contributed by atoms with Crippen LogP contribution in [0, 0.1) is 0 Å². The van der Waals surface area contributed by atoms with Gasteiger partial charge in [-0.2, -0.15) is 0 Å². The Hall–Kier alpha value is -2.34. The topological polar surface area (TPSA) is 58.6 Å². The van der Waals surface area contributed by atoms with E-state index in [-0.39, 0.29) is 11.9 Å². The maximum absolute atomic E-state index is 13.1. The van der Waals surface area contributed by atoms with Crippen LogP contribution in [0.3, 0.4) is 0 Å². The highest BCUT2D eigenvalue weighted by atomic mass is 79.9. The minimum atomic E-state index is -0.427. The van der Waals surface area contributed by atoms with Crippen molar-refractivity contribution in [2.75, 3.05) is 16.8 Å². The molecule has 0 aromatic heterocycles. The van der Waals surface area contributed by atoms with Crippen LogP contribution in [0.5, 0.6) is 5.75 Å². The fourth-order valence-corrected chi connectivity index (χ4v) is 3.18. The standard InChI is InChI=1S/C19H19BrN2O3/c1-12-9-10-22(17-6-4-3-5-16(17)21-12)19(24)14-7-8-15(20)18(11-14)25-13(2)23/h3-8,11-12,21H,9-10H2,1-2H3/t12-/m1/s1. The van der Waals surface area contributed by atoms with E-state index < -0.39 is 5.97 Å². The molecule has 1 atom stereocenters. The molecule has 1 amide bonds. The zero-order chi connectivity index (χ0) is 18.0. The summed E-state index contributed by atoms with van der Waals surface area (Å²) in [7, 11) is 0. The van der Waals surface area contributed by atoms with E-state index in [1.165, 1.54) is 6.92 Å². The number of anilines is 2. The van der Waals surface area contributed by atoms with Crippen LogP contribution in [0.15, 0.2) is 46.9 Å². The van der Waals surface area contributed by atoms with Crippen molar-refractivity contribution in [2.24, 2.45) is 0 Å². The second-order valence-corrected chi connectivity index (χ2v) is 6.90. The number of nitrogens with one attached hydrogen (secondary N) is 1. The summed E-state index contributed by atoms with van der Waals surface area (Å²) in [5.41, 5.74) is 2.27. The van der Waals surface area contributed by atoms with Gasteiger partial charge in [0.15, 0.2) is 0 Å². The highest BCUT2D eigenvalue weighted by molar-refractivity contribution is 9.10. The predicted octanol–water partition coefficient (Wildman–Crippen LogP) is 4.23. The molecule has 0 bridgehead atoms. The van der Waals surface area contributed by atoms with Crippen molar-refractivity contribution in [3.05, 3.63) is 52.5 Å². The van der Waals surface area contributed by atoms with Crippen LogP contribution in [-0.4, -0.2) is 24.5 Å². The van der Waals surface area contributed by atoms with Crippen LogP contribution in [-0.2, 0) is 4.79 Å². The third-order valence-electron chi connectivity index (χ3n) is 4.06. The number of carbonyl (C=O) groups is 2. The lowest BCUT2D eigenvalue weighted by Crippen LogP contribution is -2.32. The van der Waals surface area contributed by atoms with Gasteiger partial charge in [-0.3, -0.25) is 9.59 Å². The van der Waals surface area contributed by atoms with Crippen LogP contribution in [0.4, 0.5) is 11.4 Å². The maximum atomic E-state index is 13.1. The molecule has 6 heteroatoms. The molecule has 2 aromatic carbocycles. The summed E-state index contributed by atoms with van der Waals surface area (Å²) in [6.45, 7) is 4.05. The number of amides is 1. The highest BCUT2D eigenvalue weighted by Crippen LogP contribution is 2.32. The molecule has 5 nitrogen and oxygen atoms in total. The summed E-state index contributed by atoms with van der Waals surface area (Å²) in [6, 6.07) is 13.1. The van der Waals surface area contributed by atoms with Gasteiger partial charge < -0.3 is 15.0 Å². The molecule has 0 saturated carbocycles. The number of halogens is 1. The van der Waals surface area contributed by atoms with Crippen molar-refractivity contribution in [2.45, 2.75) is 26.3 Å². The Labute approximate surface area is 155 Å². The Balaban J connectivity index is 1.97. The number of ether oxygens (including phenoxy) is 1. The summed E-state index contributed by atoms with van der Waals surface area (Å²) in [6.07, 6.45) is 0.841. The predicted molar refractivity (Wildman–Crippen MR) is 101 cm³/mol. The Morgan fingerprint density at radius 3 is 2.76 bits per heavy atom. The van der Waals surface area contributed by atoms with E-state index in [0.717, 1.165) is 17.8 Å². The first kappa shape index (κ1) is 17.5. The van der Waals surface area contributed by atoms with Gasteiger partial charge in [0, 0.05) is 25.1 Å². The first-order chi connectivity index (χ1) is 12.0. The number of esters is 1. The first-order valence-corrected chi connectivity index (χ1v) is 8.90. The Kier molecular flexibility index (Phi) is 5.08. The maximum Gasteiger partial charge on any atom is 0.308 e. The van der Waals surface area contributed by atoms with E-state index in [4.69, 9.17) is 4.74 Å². The highest BCUT2D eigenvalue weighted by Gasteiger charge is 2.25. The van der Waals surface area contributed by atoms with Crippen molar-refractivity contribution >= 4 is 39.2 Å². The minimum absolute atomic E-state index is 0.121. The van der Waals surface area contributed by atoms with Gasteiger partial charge in [0.2, 0.25) is 0 Å². The van der Waals surface area contributed by atoms with E-state index >= 15 is 0 Å². The van der Waals surface area contributed by atoms with Crippen LogP contribution < -0.4 is 15.0 Å². The van der Waals surface area contributed by atoms with Gasteiger partial charge in [-0.05, 0) is 59.6 Å². The van der Waals surface area contributed by atoms with Crippen LogP contribution in [0.1, 0.15) is 30.6 Å². The lowest BCUT2D eigenvalue weighted by atomic mass is 10.1. The molecule has 2 aromatic rings. The number of carbonyl (C=O) groups excluding carboxylic acids is 2. The molecule has 1 aliphatic rings. The van der Waals surface area contributed by atoms with Crippen molar-refractivity contribution < 1.29 is 14.3 Å². The van der Waals surface area contributed by atoms with Crippen LogP contribution in [0.2, 0.25) is 0 Å². The van der Waals surface area contributed by atoms with Crippen LogP contribution in [0.25, 0.3) is 0 Å². The Morgan fingerprint density at radius 1 is 1.24 bits per heavy atom. The second-order valence-electron chi connectivity index (χ2n) is 6.05. The molecule has 130 valence electrons. The molecule has 0 radical (unpaired) electrons. The Morgan fingerprint density at radius 2 is 2.00 bits per heavy atom. The van der Waals surface area contributed by atoms with Crippen molar-refractivity contribution in [1.82, 2.24) is 0 Å². The SMILES string of the molecule is CC(=O)Oc1cc(C(=O)N2CC[C@@H](C)Nc3ccccc32)ccc1Br. The third kappa shape index (κ3) is 3.85. The quantitative estimate of drug-likeness (QED) is 0.603. The minimum Gasteiger partial charge on any atom is -0.425 e. The van der Waals surface area contributed by atoms with Gasteiger partial charge in [0.05, 0.1) is 15.8 Å².